The van der Waals surface area contributed by atoms with Crippen LogP contribution in [0, 0.1) is 0 Å². The Balaban J connectivity index is 2.07. The van der Waals surface area contributed by atoms with E-state index in [1.807, 2.05) is 0 Å². The van der Waals surface area contributed by atoms with Gasteiger partial charge >= 0.3 is 18.3 Å². The van der Waals surface area contributed by atoms with Crippen LogP contribution in [0.25, 0.3) is 23.2 Å². The molecule has 0 saturated carbocycles. The molecule has 0 N–H and O–H groups in total. The number of nitrogens with zero attached hydrogens (tertiary/aromatic N) is 4. The Morgan fingerprint density at radius 2 is 1.63 bits per heavy atom. The molecule has 0 unspecified atom stereocenters. The average Bonchev–Trinajstić information content (AvgIpc) is 3.24. The monoisotopic (exact) mass is 500 g/mol. The zero-order valence-corrected chi connectivity index (χ0v) is 18.5. The zero-order chi connectivity index (χ0) is 26.0. The van der Waals surface area contributed by atoms with Gasteiger partial charge in [0.05, 0.1) is 29.9 Å². The van der Waals surface area contributed by atoms with Crippen molar-refractivity contribution in [3.8, 4) is 17.3 Å². The quantitative estimate of drug-likeness (QED) is 0.259. The number of esters is 1. The topological polar surface area (TPSA) is 79.1 Å². The fourth-order valence-corrected chi connectivity index (χ4v) is 2.87. The van der Waals surface area contributed by atoms with Gasteiger partial charge in [0.1, 0.15) is 6.33 Å². The predicted molar refractivity (Wildman–Crippen MR) is 112 cm³/mol. The predicted octanol–water partition coefficient (Wildman–Crippen LogP) is 5.34. The summed E-state index contributed by atoms with van der Waals surface area (Å²) in [7, 11) is 1.40. The number of carbonyl (C=O) groups excluding carboxylic acids is 1. The van der Waals surface area contributed by atoms with Crippen LogP contribution in [0.3, 0.4) is 0 Å². The lowest BCUT2D eigenvalue weighted by Crippen LogP contribution is -2.14. The second-order valence-corrected chi connectivity index (χ2v) is 7.43. The molecule has 0 aliphatic rings. The smallest absolute Gasteiger partial charge is 0.416 e. The van der Waals surface area contributed by atoms with Crippen LogP contribution in [0.1, 0.15) is 30.5 Å². The Hall–Kier alpha value is -3.90. The molecule has 0 aliphatic heterocycles. The highest BCUT2D eigenvalue weighted by Crippen LogP contribution is 2.38. The lowest BCUT2D eigenvalue weighted by molar-refractivity contribution is -0.143. The summed E-state index contributed by atoms with van der Waals surface area (Å²) < 4.78 is 90.2. The van der Waals surface area contributed by atoms with Gasteiger partial charge in [0.25, 0.3) is 0 Å². The molecule has 0 amide bonds. The third-order valence-corrected chi connectivity index (χ3v) is 4.43. The van der Waals surface area contributed by atoms with E-state index < -0.39 is 46.9 Å². The molecule has 186 valence electrons. The number of carbonyl (C=O) groups is 1. The first-order valence-electron chi connectivity index (χ1n) is 9.92. The van der Waals surface area contributed by atoms with Crippen LogP contribution in [0.5, 0.6) is 5.88 Å². The van der Waals surface area contributed by atoms with Gasteiger partial charge in [-0.25, -0.2) is 19.4 Å². The molecule has 35 heavy (non-hydrogen) atoms. The minimum absolute atomic E-state index is 0.0110. The van der Waals surface area contributed by atoms with Crippen molar-refractivity contribution in [2.75, 3.05) is 7.11 Å². The zero-order valence-electron chi connectivity index (χ0n) is 18.5. The molecule has 0 saturated heterocycles. The van der Waals surface area contributed by atoms with Crippen LogP contribution >= 0.6 is 0 Å². The number of hydrogen-bond donors (Lipinski definition) is 0. The van der Waals surface area contributed by atoms with E-state index in [0.717, 1.165) is 11.0 Å². The van der Waals surface area contributed by atoms with E-state index in [1.165, 1.54) is 31.6 Å². The number of alkyl halides is 6. The molecule has 1 aromatic carbocycles. The Bertz CT molecular complexity index is 1200. The summed E-state index contributed by atoms with van der Waals surface area (Å²) in [5.74, 6) is -0.900. The number of hydrogen-bond acceptors (Lipinski definition) is 6. The van der Waals surface area contributed by atoms with Crippen molar-refractivity contribution >= 4 is 17.7 Å². The van der Waals surface area contributed by atoms with Crippen molar-refractivity contribution in [1.82, 2.24) is 19.7 Å². The summed E-state index contributed by atoms with van der Waals surface area (Å²) in [5, 5.41) is 3.93. The Kier molecular flexibility index (Phi) is 7.17. The van der Waals surface area contributed by atoms with Crippen molar-refractivity contribution in [3.05, 3.63) is 59.5 Å². The number of pyridine rings is 1. The minimum atomic E-state index is -5.02. The Labute approximate surface area is 195 Å². The molecule has 3 rings (SSSR count). The molecule has 0 bridgehead atoms. The fourth-order valence-electron chi connectivity index (χ4n) is 2.87. The first kappa shape index (κ1) is 25.7. The van der Waals surface area contributed by atoms with Crippen molar-refractivity contribution in [2.24, 2.45) is 0 Å². The Morgan fingerprint density at radius 1 is 1.00 bits per heavy atom. The van der Waals surface area contributed by atoms with Gasteiger partial charge in [-0.05, 0) is 38.1 Å². The van der Waals surface area contributed by atoms with Gasteiger partial charge in [-0.3, -0.25) is 0 Å². The molecule has 2 aromatic heterocycles. The van der Waals surface area contributed by atoms with E-state index in [9.17, 15) is 31.1 Å². The molecule has 2 heterocycles. The van der Waals surface area contributed by atoms with Crippen molar-refractivity contribution in [3.63, 3.8) is 0 Å². The molecular weight excluding hydrogens is 482 g/mol. The molecular formula is C22H18F6N4O3. The van der Waals surface area contributed by atoms with Crippen molar-refractivity contribution in [1.29, 1.82) is 0 Å². The summed E-state index contributed by atoms with van der Waals surface area (Å²) in [4.78, 5) is 20.5. The second kappa shape index (κ2) is 9.76. The molecule has 0 atom stereocenters. The molecule has 0 fully saturated rings. The minimum Gasteiger partial charge on any atom is -0.481 e. The first-order valence-corrected chi connectivity index (χ1v) is 9.92. The third kappa shape index (κ3) is 6.37. The normalized spacial score (nSPS) is 12.7. The lowest BCUT2D eigenvalue weighted by atomic mass is 10.0. The van der Waals surface area contributed by atoms with E-state index in [0.29, 0.717) is 17.7 Å². The van der Waals surface area contributed by atoms with Crippen LogP contribution in [-0.4, -0.2) is 38.9 Å². The fraction of sp³-hybridized carbons (Fsp3) is 0.273. The lowest BCUT2D eigenvalue weighted by Gasteiger charge is -2.13. The van der Waals surface area contributed by atoms with Crippen LogP contribution in [-0.2, 0) is 21.9 Å². The van der Waals surface area contributed by atoms with Crippen LogP contribution in [0.2, 0.25) is 0 Å². The number of aromatic nitrogens is 4. The summed E-state index contributed by atoms with van der Waals surface area (Å²) >= 11 is 0. The van der Waals surface area contributed by atoms with Gasteiger partial charge < -0.3 is 9.47 Å². The summed E-state index contributed by atoms with van der Waals surface area (Å²) in [6.07, 6.45) is -6.99. The number of methoxy groups -OCH3 is 1. The molecule has 0 radical (unpaired) electrons. The van der Waals surface area contributed by atoms with Gasteiger partial charge in [-0.15, -0.1) is 5.10 Å². The van der Waals surface area contributed by atoms with Gasteiger partial charge in [0.2, 0.25) is 5.88 Å². The average molecular weight is 500 g/mol. The maximum absolute atomic E-state index is 13.2. The van der Waals surface area contributed by atoms with Gasteiger partial charge in [0, 0.05) is 29.6 Å². The maximum atomic E-state index is 13.2. The highest BCUT2D eigenvalue weighted by atomic mass is 19.4. The van der Waals surface area contributed by atoms with Crippen LogP contribution < -0.4 is 4.74 Å². The summed E-state index contributed by atoms with van der Waals surface area (Å²) in [6, 6.07) is 4.04. The first-order chi connectivity index (χ1) is 16.3. The standard InChI is InChI=1S/C22H18F6N4O3/c1-12(2)35-20(33)17(13-4-5-18(34-3)29-9-13)10-32-11-30-19(31-32)14-6-15(21(23,24)25)8-16(7-14)22(26,27)28/h4-12H,1-3H3/b17-10-. The third-order valence-electron chi connectivity index (χ3n) is 4.43. The van der Waals surface area contributed by atoms with E-state index >= 15 is 0 Å². The molecule has 3 aromatic rings. The van der Waals surface area contributed by atoms with E-state index in [1.54, 1.807) is 13.8 Å². The van der Waals surface area contributed by atoms with Crippen molar-refractivity contribution < 1.29 is 40.6 Å². The SMILES string of the molecule is COc1ccc(/C(=C/n2cnc(-c3cc(C(F)(F)F)cc(C(F)(F)F)c3)n2)C(=O)OC(C)C)cn1. The number of rotatable bonds is 6. The van der Waals surface area contributed by atoms with E-state index in [2.05, 4.69) is 15.1 Å². The largest absolute Gasteiger partial charge is 0.481 e. The maximum Gasteiger partial charge on any atom is 0.416 e. The van der Waals surface area contributed by atoms with E-state index in [-0.39, 0.29) is 17.5 Å². The van der Waals surface area contributed by atoms with E-state index in [4.69, 9.17) is 9.47 Å². The van der Waals surface area contributed by atoms with Crippen LogP contribution in [0.15, 0.2) is 42.9 Å². The van der Waals surface area contributed by atoms with Crippen LogP contribution in [0.4, 0.5) is 26.3 Å². The second-order valence-electron chi connectivity index (χ2n) is 7.43. The van der Waals surface area contributed by atoms with Crippen molar-refractivity contribution in [2.45, 2.75) is 32.3 Å². The number of ether oxygens (including phenoxy) is 2. The molecule has 13 heteroatoms. The number of benzene rings is 1. The highest BCUT2D eigenvalue weighted by molar-refractivity contribution is 6.20. The summed E-state index contributed by atoms with van der Waals surface area (Å²) in [6.45, 7) is 3.25. The van der Waals surface area contributed by atoms with Gasteiger partial charge in [-0.1, -0.05) is 0 Å². The van der Waals surface area contributed by atoms with Gasteiger partial charge in [0.15, 0.2) is 5.82 Å². The molecule has 7 nitrogen and oxygen atoms in total. The van der Waals surface area contributed by atoms with Gasteiger partial charge in [-0.2, -0.15) is 26.3 Å². The molecule has 0 aliphatic carbocycles. The Morgan fingerprint density at radius 3 is 2.11 bits per heavy atom. The molecule has 0 spiro atoms. The summed E-state index contributed by atoms with van der Waals surface area (Å²) in [5.41, 5.74) is -3.24. The number of halogens is 6. The highest BCUT2D eigenvalue weighted by Gasteiger charge is 2.37.